The van der Waals surface area contributed by atoms with Gasteiger partial charge in [0.1, 0.15) is 0 Å². The minimum Gasteiger partial charge on any atom is -0.509 e. The fourth-order valence-corrected chi connectivity index (χ4v) is 2.73. The van der Waals surface area contributed by atoms with Crippen LogP contribution in [0.1, 0.15) is 25.7 Å². The van der Waals surface area contributed by atoms with Gasteiger partial charge in [-0.2, -0.15) is 0 Å². The van der Waals surface area contributed by atoms with Gasteiger partial charge in [-0.25, -0.2) is 0 Å². The van der Waals surface area contributed by atoms with Crippen LogP contribution in [0, 0.1) is 5.92 Å². The number of carbonyl (C=O) groups excluding carboxylic acids is 1. The molecule has 16 heavy (non-hydrogen) atoms. The van der Waals surface area contributed by atoms with E-state index < -0.39 is 7.12 Å². The standard InChI is InChI=1S/C12H15BO3/c14-12-10-7-3-4-8-11(10)15-13(16-12)9-5-1-2-6-9/h1-2,5-6,9-11H,3-4,7-8H2/t10-,11+/m0/s1. The summed E-state index contributed by atoms with van der Waals surface area (Å²) < 4.78 is 11.3. The molecule has 0 aromatic rings. The van der Waals surface area contributed by atoms with Gasteiger partial charge in [-0.3, -0.25) is 4.79 Å². The lowest BCUT2D eigenvalue weighted by Crippen LogP contribution is -2.48. The predicted octanol–water partition coefficient (Wildman–Crippen LogP) is 2.10. The monoisotopic (exact) mass is 218 g/mol. The Morgan fingerprint density at radius 1 is 1.19 bits per heavy atom. The lowest BCUT2D eigenvalue weighted by molar-refractivity contribution is -0.152. The number of hydrogen-bond donors (Lipinski definition) is 0. The number of rotatable bonds is 1. The van der Waals surface area contributed by atoms with Gasteiger partial charge in [-0.1, -0.05) is 37.1 Å². The molecule has 3 nitrogen and oxygen atoms in total. The fourth-order valence-electron chi connectivity index (χ4n) is 2.73. The SMILES string of the molecule is O=C1OB(C2C=CC=C2)O[C@@H]2CCCC[C@H]12. The molecule has 3 aliphatic rings. The Morgan fingerprint density at radius 2 is 1.94 bits per heavy atom. The Kier molecular flexibility index (Phi) is 2.60. The molecule has 1 aliphatic heterocycles. The first kappa shape index (κ1) is 10.1. The van der Waals surface area contributed by atoms with Crippen molar-refractivity contribution in [3.63, 3.8) is 0 Å². The van der Waals surface area contributed by atoms with Crippen LogP contribution in [0.3, 0.4) is 0 Å². The Labute approximate surface area is 95.6 Å². The normalized spacial score (nSPS) is 34.0. The van der Waals surface area contributed by atoms with Crippen LogP contribution < -0.4 is 0 Å². The molecular weight excluding hydrogens is 203 g/mol. The smallest absolute Gasteiger partial charge is 0.509 e. The quantitative estimate of drug-likeness (QED) is 0.632. The van der Waals surface area contributed by atoms with Gasteiger partial charge in [0.05, 0.1) is 12.0 Å². The molecule has 0 aromatic heterocycles. The summed E-state index contributed by atoms with van der Waals surface area (Å²) in [5.74, 6) is 0.0286. The molecule has 1 heterocycles. The third-order valence-corrected chi connectivity index (χ3v) is 3.64. The van der Waals surface area contributed by atoms with Gasteiger partial charge < -0.3 is 9.31 Å². The fraction of sp³-hybridized carbons (Fsp3) is 0.583. The summed E-state index contributed by atoms with van der Waals surface area (Å²) in [5, 5.41) is 0. The Bertz CT molecular complexity index is 338. The van der Waals surface area contributed by atoms with Crippen LogP contribution in [-0.2, 0) is 14.1 Å². The van der Waals surface area contributed by atoms with Crippen molar-refractivity contribution in [2.45, 2.75) is 37.6 Å². The van der Waals surface area contributed by atoms with Crippen LogP contribution >= 0.6 is 0 Å². The van der Waals surface area contributed by atoms with Gasteiger partial charge in [-0.05, 0) is 12.8 Å². The number of hydrogen-bond acceptors (Lipinski definition) is 3. The highest BCUT2D eigenvalue weighted by Gasteiger charge is 2.45. The van der Waals surface area contributed by atoms with E-state index in [1.54, 1.807) is 0 Å². The van der Waals surface area contributed by atoms with E-state index in [9.17, 15) is 4.79 Å². The summed E-state index contributed by atoms with van der Waals surface area (Å²) in [4.78, 5) is 11.8. The second-order valence-electron chi connectivity index (χ2n) is 4.72. The van der Waals surface area contributed by atoms with Gasteiger partial charge in [0, 0.05) is 5.82 Å². The molecule has 0 amide bonds. The van der Waals surface area contributed by atoms with E-state index in [4.69, 9.17) is 9.31 Å². The van der Waals surface area contributed by atoms with Crippen molar-refractivity contribution < 1.29 is 14.1 Å². The van der Waals surface area contributed by atoms with Crippen molar-refractivity contribution in [1.82, 2.24) is 0 Å². The Hall–Kier alpha value is -1.03. The number of fused-ring (bicyclic) bond motifs is 1. The molecule has 3 rings (SSSR count). The largest absolute Gasteiger partial charge is 0.538 e. The number of allylic oxidation sites excluding steroid dienone is 4. The summed E-state index contributed by atoms with van der Waals surface area (Å²) in [7, 11) is -0.401. The van der Waals surface area contributed by atoms with Crippen LogP contribution in [-0.4, -0.2) is 19.2 Å². The molecule has 0 radical (unpaired) electrons. The van der Waals surface area contributed by atoms with Crippen molar-refractivity contribution >= 4 is 13.1 Å². The van der Waals surface area contributed by atoms with E-state index in [1.165, 1.54) is 0 Å². The van der Waals surface area contributed by atoms with Crippen LogP contribution in [0.5, 0.6) is 0 Å². The van der Waals surface area contributed by atoms with Crippen LogP contribution in [0.15, 0.2) is 24.3 Å². The molecule has 2 aliphatic carbocycles. The molecule has 0 bridgehead atoms. The van der Waals surface area contributed by atoms with Crippen LogP contribution in [0.25, 0.3) is 0 Å². The Balaban J connectivity index is 1.73. The molecule has 0 N–H and O–H groups in total. The first-order valence-electron chi connectivity index (χ1n) is 6.05. The van der Waals surface area contributed by atoms with E-state index in [0.717, 1.165) is 25.7 Å². The van der Waals surface area contributed by atoms with Crippen LogP contribution in [0.2, 0.25) is 5.82 Å². The predicted molar refractivity (Wildman–Crippen MR) is 60.7 cm³/mol. The summed E-state index contributed by atoms with van der Waals surface area (Å²) in [6.45, 7) is 0. The lowest BCUT2D eigenvalue weighted by atomic mass is 9.69. The molecule has 2 fully saturated rings. The highest BCUT2D eigenvalue weighted by molar-refractivity contribution is 6.50. The third kappa shape index (κ3) is 1.71. The molecule has 0 aromatic carbocycles. The maximum absolute atomic E-state index is 11.8. The van der Waals surface area contributed by atoms with Gasteiger partial charge in [0.15, 0.2) is 0 Å². The first-order valence-corrected chi connectivity index (χ1v) is 6.05. The van der Waals surface area contributed by atoms with Crippen molar-refractivity contribution in [3.8, 4) is 0 Å². The van der Waals surface area contributed by atoms with Gasteiger partial charge >= 0.3 is 7.12 Å². The molecule has 1 saturated heterocycles. The zero-order chi connectivity index (χ0) is 11.0. The van der Waals surface area contributed by atoms with Crippen molar-refractivity contribution in [2.75, 3.05) is 0 Å². The maximum Gasteiger partial charge on any atom is 0.538 e. The molecule has 4 heteroatoms. The maximum atomic E-state index is 11.8. The summed E-state index contributed by atoms with van der Waals surface area (Å²) in [6, 6.07) is 0. The van der Waals surface area contributed by atoms with E-state index in [0.29, 0.717) is 0 Å². The minimum atomic E-state index is -0.401. The zero-order valence-electron chi connectivity index (χ0n) is 9.17. The van der Waals surface area contributed by atoms with Crippen molar-refractivity contribution in [3.05, 3.63) is 24.3 Å². The molecule has 0 unspecified atom stereocenters. The molecule has 84 valence electrons. The summed E-state index contributed by atoms with van der Waals surface area (Å²) in [5.41, 5.74) is 0. The molecule has 0 spiro atoms. The first-order chi connectivity index (χ1) is 7.84. The average Bonchev–Trinajstić information content (AvgIpc) is 2.82. The molecule has 2 atom stereocenters. The number of carbonyl (C=O) groups is 1. The molecule has 1 saturated carbocycles. The second kappa shape index (κ2) is 4.09. The van der Waals surface area contributed by atoms with Gasteiger partial charge in [0.25, 0.3) is 5.97 Å². The summed E-state index contributed by atoms with van der Waals surface area (Å²) >= 11 is 0. The van der Waals surface area contributed by atoms with E-state index in [1.807, 2.05) is 24.3 Å². The zero-order valence-corrected chi connectivity index (χ0v) is 9.17. The van der Waals surface area contributed by atoms with E-state index in [2.05, 4.69) is 0 Å². The molecular formula is C12H15BO3. The van der Waals surface area contributed by atoms with Crippen LogP contribution in [0.4, 0.5) is 0 Å². The second-order valence-corrected chi connectivity index (χ2v) is 4.72. The average molecular weight is 218 g/mol. The van der Waals surface area contributed by atoms with Gasteiger partial charge in [-0.15, -0.1) is 0 Å². The topological polar surface area (TPSA) is 35.5 Å². The van der Waals surface area contributed by atoms with Gasteiger partial charge in [0.2, 0.25) is 0 Å². The Morgan fingerprint density at radius 3 is 2.75 bits per heavy atom. The van der Waals surface area contributed by atoms with E-state index >= 15 is 0 Å². The minimum absolute atomic E-state index is 0.0145. The van der Waals surface area contributed by atoms with Crippen molar-refractivity contribution in [1.29, 1.82) is 0 Å². The third-order valence-electron chi connectivity index (χ3n) is 3.64. The van der Waals surface area contributed by atoms with Crippen molar-refractivity contribution in [2.24, 2.45) is 5.92 Å². The summed E-state index contributed by atoms with van der Waals surface area (Å²) in [6.07, 6.45) is 12.3. The highest BCUT2D eigenvalue weighted by atomic mass is 16.6. The van der Waals surface area contributed by atoms with E-state index in [-0.39, 0.29) is 23.8 Å². The highest BCUT2D eigenvalue weighted by Crippen LogP contribution is 2.35. The lowest BCUT2D eigenvalue weighted by Gasteiger charge is -2.37.